The highest BCUT2D eigenvalue weighted by molar-refractivity contribution is 7.99. The number of fused-ring (bicyclic) bond motifs is 1. The third-order valence-electron chi connectivity index (χ3n) is 4.18. The summed E-state index contributed by atoms with van der Waals surface area (Å²) >= 11 is 1.64. The summed E-state index contributed by atoms with van der Waals surface area (Å²) in [5, 5.41) is 3.35. The summed E-state index contributed by atoms with van der Waals surface area (Å²) in [5.74, 6) is 0.820. The van der Waals surface area contributed by atoms with Crippen molar-refractivity contribution < 1.29 is 4.79 Å². The SMILES string of the molecule is CC(C)c1ccc2ncn(C=CC(=O)NCCSc3ccncc3)c(=O)c2c1. The highest BCUT2D eigenvalue weighted by Crippen LogP contribution is 2.18. The van der Waals surface area contributed by atoms with Gasteiger partial charge in [-0.1, -0.05) is 19.9 Å². The van der Waals surface area contributed by atoms with Crippen molar-refractivity contribution in [1.29, 1.82) is 0 Å². The highest BCUT2D eigenvalue weighted by atomic mass is 32.2. The summed E-state index contributed by atoms with van der Waals surface area (Å²) in [7, 11) is 0. The lowest BCUT2D eigenvalue weighted by Gasteiger charge is -2.07. The maximum Gasteiger partial charge on any atom is 0.265 e. The average Bonchev–Trinajstić information content (AvgIpc) is 2.71. The third kappa shape index (κ3) is 5.07. The lowest BCUT2D eigenvalue weighted by Crippen LogP contribution is -2.24. The number of amides is 1. The number of carbonyl (C=O) groups excluding carboxylic acids is 1. The zero-order valence-corrected chi connectivity index (χ0v) is 16.6. The lowest BCUT2D eigenvalue weighted by atomic mass is 10.0. The van der Waals surface area contributed by atoms with Crippen molar-refractivity contribution in [2.45, 2.75) is 24.7 Å². The van der Waals surface area contributed by atoms with Crippen molar-refractivity contribution >= 4 is 34.8 Å². The molecule has 144 valence electrons. The van der Waals surface area contributed by atoms with Crippen molar-refractivity contribution in [3.63, 3.8) is 0 Å². The maximum atomic E-state index is 12.7. The largest absolute Gasteiger partial charge is 0.352 e. The number of pyridine rings is 1. The first kappa shape index (κ1) is 19.8. The molecule has 0 fully saturated rings. The highest BCUT2D eigenvalue weighted by Gasteiger charge is 2.06. The number of hydrogen-bond acceptors (Lipinski definition) is 5. The number of carbonyl (C=O) groups is 1. The van der Waals surface area contributed by atoms with Crippen LogP contribution in [-0.4, -0.2) is 32.7 Å². The second-order valence-electron chi connectivity index (χ2n) is 6.53. The molecule has 0 aliphatic rings. The van der Waals surface area contributed by atoms with E-state index in [9.17, 15) is 9.59 Å². The summed E-state index contributed by atoms with van der Waals surface area (Å²) in [6.45, 7) is 4.68. The summed E-state index contributed by atoms with van der Waals surface area (Å²) in [5.41, 5.74) is 1.54. The zero-order chi connectivity index (χ0) is 19.9. The van der Waals surface area contributed by atoms with Crippen LogP contribution in [0.25, 0.3) is 17.1 Å². The smallest absolute Gasteiger partial charge is 0.265 e. The van der Waals surface area contributed by atoms with E-state index < -0.39 is 0 Å². The molecule has 7 heteroatoms. The first-order valence-corrected chi connectivity index (χ1v) is 10.0. The zero-order valence-electron chi connectivity index (χ0n) is 15.8. The molecule has 0 bridgehead atoms. The number of aromatic nitrogens is 3. The molecule has 2 aromatic heterocycles. The first-order valence-electron chi connectivity index (χ1n) is 9.04. The second-order valence-corrected chi connectivity index (χ2v) is 7.69. The molecule has 0 unspecified atom stereocenters. The third-order valence-corrected chi connectivity index (χ3v) is 5.19. The molecule has 1 aromatic carbocycles. The van der Waals surface area contributed by atoms with Gasteiger partial charge in [0.1, 0.15) is 6.33 Å². The van der Waals surface area contributed by atoms with E-state index in [0.29, 0.717) is 23.4 Å². The topological polar surface area (TPSA) is 76.9 Å². The van der Waals surface area contributed by atoms with Gasteiger partial charge in [-0.3, -0.25) is 19.1 Å². The Labute approximate surface area is 167 Å². The van der Waals surface area contributed by atoms with E-state index in [0.717, 1.165) is 16.2 Å². The van der Waals surface area contributed by atoms with Crippen LogP contribution in [0.3, 0.4) is 0 Å². The van der Waals surface area contributed by atoms with Crippen LogP contribution in [0, 0.1) is 0 Å². The fourth-order valence-corrected chi connectivity index (χ4v) is 3.36. The minimum Gasteiger partial charge on any atom is -0.352 e. The lowest BCUT2D eigenvalue weighted by molar-refractivity contribution is -0.116. The molecule has 1 amide bonds. The molecule has 6 nitrogen and oxygen atoms in total. The summed E-state index contributed by atoms with van der Waals surface area (Å²) in [6, 6.07) is 9.56. The number of hydrogen-bond donors (Lipinski definition) is 1. The molecule has 0 radical (unpaired) electrons. The van der Waals surface area contributed by atoms with E-state index in [1.165, 1.54) is 23.2 Å². The minimum atomic E-state index is -0.252. The van der Waals surface area contributed by atoms with Crippen LogP contribution in [0.2, 0.25) is 0 Å². The van der Waals surface area contributed by atoms with E-state index in [2.05, 4.69) is 29.1 Å². The van der Waals surface area contributed by atoms with E-state index in [1.54, 1.807) is 24.2 Å². The monoisotopic (exact) mass is 394 g/mol. The molecule has 3 rings (SSSR count). The molecule has 0 aliphatic carbocycles. The van der Waals surface area contributed by atoms with E-state index in [4.69, 9.17) is 0 Å². The van der Waals surface area contributed by atoms with Gasteiger partial charge in [-0.2, -0.15) is 0 Å². The van der Waals surface area contributed by atoms with E-state index in [1.807, 2.05) is 30.3 Å². The fraction of sp³-hybridized carbons (Fsp3) is 0.238. The maximum absolute atomic E-state index is 12.7. The number of benzene rings is 1. The van der Waals surface area contributed by atoms with Gasteiger partial charge in [-0.05, 0) is 35.7 Å². The Morgan fingerprint density at radius 3 is 2.79 bits per heavy atom. The molecule has 0 aliphatic heterocycles. The quantitative estimate of drug-likeness (QED) is 0.378. The predicted molar refractivity (Wildman–Crippen MR) is 113 cm³/mol. The Hall–Kier alpha value is -2.93. The molecule has 3 aromatic rings. The molecule has 1 N–H and O–H groups in total. The Morgan fingerprint density at radius 2 is 2.04 bits per heavy atom. The van der Waals surface area contributed by atoms with Crippen LogP contribution < -0.4 is 10.9 Å². The molecule has 0 atom stereocenters. The number of rotatable bonds is 7. The van der Waals surface area contributed by atoms with E-state index in [-0.39, 0.29) is 11.5 Å². The summed E-state index contributed by atoms with van der Waals surface area (Å²) in [4.78, 5) is 34.0. The molecule has 0 saturated carbocycles. The van der Waals surface area contributed by atoms with Crippen molar-refractivity contribution in [1.82, 2.24) is 19.9 Å². The van der Waals surface area contributed by atoms with Gasteiger partial charge < -0.3 is 5.32 Å². The van der Waals surface area contributed by atoms with Gasteiger partial charge in [0.15, 0.2) is 0 Å². The van der Waals surface area contributed by atoms with Gasteiger partial charge >= 0.3 is 0 Å². The average molecular weight is 395 g/mol. The standard InChI is InChI=1S/C21H22N4O2S/c1-15(2)16-3-4-19-18(13-16)21(27)25(14-24-19)11-7-20(26)23-10-12-28-17-5-8-22-9-6-17/h3-9,11,13-15H,10,12H2,1-2H3,(H,23,26). The Kier molecular flexibility index (Phi) is 6.60. The van der Waals surface area contributed by atoms with Crippen LogP contribution >= 0.6 is 11.8 Å². The van der Waals surface area contributed by atoms with Crippen molar-refractivity contribution in [2.24, 2.45) is 0 Å². The second kappa shape index (κ2) is 9.32. The van der Waals surface area contributed by atoms with Crippen LogP contribution in [0.4, 0.5) is 0 Å². The fourth-order valence-electron chi connectivity index (χ4n) is 2.60. The number of nitrogens with one attached hydrogen (secondary N) is 1. The van der Waals surface area contributed by atoms with Crippen LogP contribution in [0.5, 0.6) is 0 Å². The first-order chi connectivity index (χ1) is 13.5. The summed E-state index contributed by atoms with van der Waals surface area (Å²) < 4.78 is 1.33. The van der Waals surface area contributed by atoms with Crippen molar-refractivity contribution in [2.75, 3.05) is 12.3 Å². The molecule has 0 saturated heterocycles. The molecule has 28 heavy (non-hydrogen) atoms. The van der Waals surface area contributed by atoms with E-state index >= 15 is 0 Å². The van der Waals surface area contributed by atoms with Gasteiger partial charge in [0.05, 0.1) is 10.9 Å². The van der Waals surface area contributed by atoms with Gasteiger partial charge in [0.25, 0.3) is 5.56 Å². The summed E-state index contributed by atoms with van der Waals surface area (Å²) in [6.07, 6.45) is 7.70. The number of nitrogens with zero attached hydrogens (tertiary/aromatic N) is 3. The van der Waals surface area contributed by atoms with Crippen LogP contribution in [0.1, 0.15) is 25.3 Å². The van der Waals surface area contributed by atoms with Crippen LogP contribution in [0.15, 0.2) is 64.8 Å². The molecular weight excluding hydrogens is 372 g/mol. The van der Waals surface area contributed by atoms with Gasteiger partial charge in [-0.15, -0.1) is 11.8 Å². The molecule has 0 spiro atoms. The van der Waals surface area contributed by atoms with Gasteiger partial charge in [0.2, 0.25) is 5.91 Å². The Bertz CT molecular complexity index is 1050. The Morgan fingerprint density at radius 1 is 1.25 bits per heavy atom. The minimum absolute atomic E-state index is 0.190. The van der Waals surface area contributed by atoms with Crippen molar-refractivity contribution in [3.05, 3.63) is 71.0 Å². The predicted octanol–water partition coefficient (Wildman–Crippen LogP) is 3.29. The van der Waals surface area contributed by atoms with Crippen LogP contribution in [-0.2, 0) is 4.79 Å². The van der Waals surface area contributed by atoms with Crippen molar-refractivity contribution in [3.8, 4) is 0 Å². The van der Waals surface area contributed by atoms with Gasteiger partial charge in [0, 0.05) is 41.9 Å². The molecule has 2 heterocycles. The molecular formula is C21H22N4O2S. The van der Waals surface area contributed by atoms with Gasteiger partial charge in [-0.25, -0.2) is 4.98 Å². The number of thioether (sulfide) groups is 1. The Balaban J connectivity index is 1.61. The normalized spacial score (nSPS) is 11.4.